The molecule has 1 spiro atoms. The van der Waals surface area contributed by atoms with Crippen molar-refractivity contribution in [1.29, 1.82) is 5.26 Å². The standard InChI is InChI=1S/C25H20F2N4O3/c1-24(2,11-28)12-32-15-9-18-21(19(26)10-15)34-20-6-5-14(16-4-3-7-30-22(16)27)8-17(20)25(18)13-33-23(29)31-25/h3-10H,12-13H2,1-2H3,(H2,29,31)/t25-/m0/s1. The first-order valence-corrected chi connectivity index (χ1v) is 10.5. The van der Waals surface area contributed by atoms with E-state index < -0.39 is 22.7 Å². The van der Waals surface area contributed by atoms with Gasteiger partial charge in [-0.25, -0.2) is 14.4 Å². The number of nitrogens with zero attached hydrogens (tertiary/aromatic N) is 3. The number of nitrogens with two attached hydrogens (primary N) is 1. The maximum absolute atomic E-state index is 15.2. The summed E-state index contributed by atoms with van der Waals surface area (Å²) in [6.45, 7) is 3.49. The minimum Gasteiger partial charge on any atom is -0.492 e. The van der Waals surface area contributed by atoms with Gasteiger partial charge in [-0.2, -0.15) is 9.65 Å². The van der Waals surface area contributed by atoms with Gasteiger partial charge >= 0.3 is 0 Å². The highest BCUT2D eigenvalue weighted by atomic mass is 19.1. The molecule has 7 nitrogen and oxygen atoms in total. The van der Waals surface area contributed by atoms with Gasteiger partial charge < -0.3 is 19.9 Å². The molecule has 172 valence electrons. The number of rotatable bonds is 4. The molecule has 3 heterocycles. The number of nitriles is 1. The third kappa shape index (κ3) is 3.48. The zero-order valence-electron chi connectivity index (χ0n) is 18.4. The molecule has 0 aliphatic carbocycles. The molecule has 2 aromatic carbocycles. The predicted molar refractivity (Wildman–Crippen MR) is 119 cm³/mol. The molecule has 0 saturated carbocycles. The molecule has 0 amide bonds. The average molecular weight is 462 g/mol. The van der Waals surface area contributed by atoms with Crippen LogP contribution in [0.5, 0.6) is 17.2 Å². The van der Waals surface area contributed by atoms with Crippen molar-refractivity contribution in [1.82, 2.24) is 4.98 Å². The Labute approximate surface area is 194 Å². The summed E-state index contributed by atoms with van der Waals surface area (Å²) in [5, 5.41) is 9.26. The minimum absolute atomic E-state index is 0.00620. The van der Waals surface area contributed by atoms with Crippen molar-refractivity contribution in [2.75, 3.05) is 13.2 Å². The van der Waals surface area contributed by atoms with Crippen LogP contribution in [0.2, 0.25) is 0 Å². The number of fused-ring (bicyclic) bond motifs is 4. The Hall–Kier alpha value is -4.19. The molecule has 0 unspecified atom stereocenters. The number of ether oxygens (including phenoxy) is 3. The van der Waals surface area contributed by atoms with E-state index in [4.69, 9.17) is 19.9 Å². The molecule has 1 aromatic heterocycles. The molecule has 0 fully saturated rings. The number of amidine groups is 1. The van der Waals surface area contributed by atoms with Crippen LogP contribution in [0.15, 0.2) is 53.7 Å². The van der Waals surface area contributed by atoms with Crippen LogP contribution < -0.4 is 15.2 Å². The highest BCUT2D eigenvalue weighted by Gasteiger charge is 2.48. The number of hydrogen-bond acceptors (Lipinski definition) is 7. The minimum atomic E-state index is -1.23. The van der Waals surface area contributed by atoms with Crippen molar-refractivity contribution < 1.29 is 23.0 Å². The molecule has 9 heteroatoms. The molecule has 3 aromatic rings. The Kier molecular flexibility index (Phi) is 4.90. The van der Waals surface area contributed by atoms with Gasteiger partial charge in [0.2, 0.25) is 5.95 Å². The van der Waals surface area contributed by atoms with Crippen LogP contribution in [-0.2, 0) is 10.3 Å². The van der Waals surface area contributed by atoms with Gasteiger partial charge in [-0.3, -0.25) is 0 Å². The van der Waals surface area contributed by atoms with E-state index in [1.807, 2.05) is 0 Å². The molecular formula is C25H20F2N4O3. The smallest absolute Gasteiger partial charge is 0.283 e. The Morgan fingerprint density at radius 3 is 2.74 bits per heavy atom. The van der Waals surface area contributed by atoms with Crippen molar-refractivity contribution in [2.24, 2.45) is 16.1 Å². The number of pyridine rings is 1. The summed E-state index contributed by atoms with van der Waals surface area (Å²) in [6, 6.07) is 13.2. The van der Waals surface area contributed by atoms with Gasteiger partial charge in [-0.1, -0.05) is 6.07 Å². The number of aromatic nitrogens is 1. The van der Waals surface area contributed by atoms with Gasteiger partial charge in [0.25, 0.3) is 6.02 Å². The fourth-order valence-corrected chi connectivity index (χ4v) is 4.03. The lowest BCUT2D eigenvalue weighted by Gasteiger charge is -2.34. The first-order valence-electron chi connectivity index (χ1n) is 10.5. The van der Waals surface area contributed by atoms with Crippen LogP contribution in [0.25, 0.3) is 11.1 Å². The van der Waals surface area contributed by atoms with Crippen molar-refractivity contribution in [2.45, 2.75) is 19.4 Å². The number of hydrogen-bond donors (Lipinski definition) is 1. The molecule has 2 aliphatic heterocycles. The summed E-state index contributed by atoms with van der Waals surface area (Å²) in [6.07, 6.45) is 1.37. The third-order valence-corrected chi connectivity index (χ3v) is 5.80. The lowest BCUT2D eigenvalue weighted by molar-refractivity contribution is 0.223. The van der Waals surface area contributed by atoms with Crippen LogP contribution in [-0.4, -0.2) is 24.2 Å². The Morgan fingerprint density at radius 1 is 1.21 bits per heavy atom. The van der Waals surface area contributed by atoms with Gasteiger partial charge in [0, 0.05) is 29.0 Å². The maximum Gasteiger partial charge on any atom is 0.283 e. The largest absolute Gasteiger partial charge is 0.492 e. The van der Waals surface area contributed by atoms with E-state index in [-0.39, 0.29) is 30.7 Å². The zero-order chi connectivity index (χ0) is 24.1. The molecule has 0 radical (unpaired) electrons. The first kappa shape index (κ1) is 21.6. The predicted octanol–water partition coefficient (Wildman–Crippen LogP) is 4.65. The van der Waals surface area contributed by atoms with Crippen molar-refractivity contribution in [3.05, 3.63) is 71.6 Å². The second-order valence-electron chi connectivity index (χ2n) is 8.82. The van der Waals surface area contributed by atoms with Crippen molar-refractivity contribution >= 4 is 6.02 Å². The summed E-state index contributed by atoms with van der Waals surface area (Å²) in [5.41, 5.74) is 5.63. The van der Waals surface area contributed by atoms with E-state index in [0.717, 1.165) is 0 Å². The van der Waals surface area contributed by atoms with Gasteiger partial charge in [0.15, 0.2) is 17.1 Å². The van der Waals surface area contributed by atoms with E-state index in [9.17, 15) is 9.65 Å². The van der Waals surface area contributed by atoms with Crippen LogP contribution in [0.1, 0.15) is 25.0 Å². The van der Waals surface area contributed by atoms with E-state index in [1.54, 1.807) is 50.2 Å². The fourth-order valence-electron chi connectivity index (χ4n) is 4.03. The molecule has 2 N–H and O–H groups in total. The highest BCUT2D eigenvalue weighted by molar-refractivity contribution is 5.78. The van der Waals surface area contributed by atoms with E-state index in [0.29, 0.717) is 28.0 Å². The second-order valence-corrected chi connectivity index (χ2v) is 8.82. The van der Waals surface area contributed by atoms with Crippen LogP contribution in [0.4, 0.5) is 8.78 Å². The number of aliphatic imine (C=N–C) groups is 1. The highest BCUT2D eigenvalue weighted by Crippen LogP contribution is 2.53. The second kappa shape index (κ2) is 7.70. The molecule has 0 bridgehead atoms. The van der Waals surface area contributed by atoms with Gasteiger partial charge in [-0.15, -0.1) is 0 Å². The summed E-state index contributed by atoms with van der Waals surface area (Å²) >= 11 is 0. The quantitative estimate of drug-likeness (QED) is 0.566. The molecule has 34 heavy (non-hydrogen) atoms. The summed E-state index contributed by atoms with van der Waals surface area (Å²) in [5.74, 6) is -0.750. The molecule has 2 aliphatic rings. The summed E-state index contributed by atoms with van der Waals surface area (Å²) < 4.78 is 46.8. The van der Waals surface area contributed by atoms with E-state index in [2.05, 4.69) is 16.0 Å². The first-order chi connectivity index (χ1) is 16.2. The lowest BCUT2D eigenvalue weighted by Crippen LogP contribution is -2.31. The van der Waals surface area contributed by atoms with Crippen molar-refractivity contribution in [3.63, 3.8) is 0 Å². The van der Waals surface area contributed by atoms with Gasteiger partial charge in [0.05, 0.1) is 11.5 Å². The topological polar surface area (TPSA) is 103 Å². The zero-order valence-corrected chi connectivity index (χ0v) is 18.4. The van der Waals surface area contributed by atoms with E-state index in [1.165, 1.54) is 12.3 Å². The SMILES string of the molecule is CC(C)(C#N)COc1cc(F)c2c(c1)[C@]1(COC(N)=N1)c1cc(-c3cccnc3F)ccc1O2. The third-order valence-electron chi connectivity index (χ3n) is 5.80. The normalized spacial score (nSPS) is 18.3. The van der Waals surface area contributed by atoms with Crippen LogP contribution >= 0.6 is 0 Å². The molecular weight excluding hydrogens is 442 g/mol. The van der Waals surface area contributed by atoms with E-state index >= 15 is 4.39 Å². The Balaban J connectivity index is 1.66. The maximum atomic E-state index is 15.2. The molecule has 1 atom stereocenters. The Morgan fingerprint density at radius 2 is 2.03 bits per heavy atom. The monoisotopic (exact) mass is 462 g/mol. The molecule has 0 saturated heterocycles. The summed E-state index contributed by atoms with van der Waals surface area (Å²) in [7, 11) is 0. The van der Waals surface area contributed by atoms with Crippen LogP contribution in [0.3, 0.4) is 0 Å². The fraction of sp³-hybridized carbons (Fsp3) is 0.240. The lowest BCUT2D eigenvalue weighted by atomic mass is 9.80. The van der Waals surface area contributed by atoms with Crippen molar-refractivity contribution in [3.8, 4) is 34.4 Å². The van der Waals surface area contributed by atoms with Crippen LogP contribution in [0, 0.1) is 28.5 Å². The summed E-state index contributed by atoms with van der Waals surface area (Å²) in [4.78, 5) is 8.25. The van der Waals surface area contributed by atoms with Gasteiger partial charge in [0.1, 0.15) is 24.7 Å². The molecule has 5 rings (SSSR count). The number of benzene rings is 2. The average Bonchev–Trinajstić information content (AvgIpc) is 3.21. The Bertz CT molecular complexity index is 1380. The number of halogens is 2. The van der Waals surface area contributed by atoms with Gasteiger partial charge in [-0.05, 0) is 49.7 Å².